The van der Waals surface area contributed by atoms with Crippen molar-refractivity contribution in [2.75, 3.05) is 0 Å². The standard InChI is InChI=1S/C20H21N3O/c1-13-4-5-19-17(10-13)12-18(15(3)23-19)20(24)22-14(2)11-16-6-8-21-9-7-16/h4-10,12,14H,11H2,1-3H3,(H,22,24)/t14-/m0/s1. The van der Waals surface area contributed by atoms with Gasteiger partial charge in [0, 0.05) is 23.8 Å². The predicted octanol–water partition coefficient (Wildman–Crippen LogP) is 3.61. The molecule has 122 valence electrons. The van der Waals surface area contributed by atoms with Crippen molar-refractivity contribution < 1.29 is 4.79 Å². The van der Waals surface area contributed by atoms with Crippen LogP contribution in [0.25, 0.3) is 10.9 Å². The van der Waals surface area contributed by atoms with Crippen LogP contribution in [0.1, 0.15) is 34.1 Å². The lowest BCUT2D eigenvalue weighted by atomic mass is 10.1. The van der Waals surface area contributed by atoms with Gasteiger partial charge in [-0.25, -0.2) is 0 Å². The highest BCUT2D eigenvalue weighted by atomic mass is 16.1. The van der Waals surface area contributed by atoms with E-state index in [2.05, 4.69) is 21.4 Å². The maximum absolute atomic E-state index is 12.6. The number of hydrogen-bond donors (Lipinski definition) is 1. The van der Waals surface area contributed by atoms with Crippen molar-refractivity contribution in [2.45, 2.75) is 33.2 Å². The Balaban J connectivity index is 1.79. The van der Waals surface area contributed by atoms with Crippen LogP contribution in [0.3, 0.4) is 0 Å². The van der Waals surface area contributed by atoms with Crippen molar-refractivity contribution in [1.29, 1.82) is 0 Å². The Morgan fingerprint density at radius 1 is 1.12 bits per heavy atom. The summed E-state index contributed by atoms with van der Waals surface area (Å²) in [5.41, 5.74) is 4.61. The molecule has 4 heteroatoms. The lowest BCUT2D eigenvalue weighted by Crippen LogP contribution is -2.34. The minimum atomic E-state index is -0.0787. The summed E-state index contributed by atoms with van der Waals surface area (Å²) in [6.45, 7) is 5.92. The number of nitrogens with zero attached hydrogens (tertiary/aromatic N) is 2. The Morgan fingerprint density at radius 3 is 2.62 bits per heavy atom. The number of nitrogens with one attached hydrogen (secondary N) is 1. The third-order valence-electron chi connectivity index (χ3n) is 4.07. The summed E-state index contributed by atoms with van der Waals surface area (Å²) in [7, 11) is 0. The fraction of sp³-hybridized carbons (Fsp3) is 0.250. The average Bonchev–Trinajstić information content (AvgIpc) is 2.55. The molecule has 24 heavy (non-hydrogen) atoms. The van der Waals surface area contributed by atoms with E-state index < -0.39 is 0 Å². The Morgan fingerprint density at radius 2 is 1.88 bits per heavy atom. The Bertz CT molecular complexity index is 875. The normalized spacial score (nSPS) is 12.1. The molecule has 0 spiro atoms. The zero-order chi connectivity index (χ0) is 17.1. The number of rotatable bonds is 4. The van der Waals surface area contributed by atoms with Crippen LogP contribution in [0.2, 0.25) is 0 Å². The van der Waals surface area contributed by atoms with Crippen LogP contribution in [0, 0.1) is 13.8 Å². The number of fused-ring (bicyclic) bond motifs is 1. The number of amides is 1. The third-order valence-corrected chi connectivity index (χ3v) is 4.07. The van der Waals surface area contributed by atoms with E-state index in [4.69, 9.17) is 0 Å². The summed E-state index contributed by atoms with van der Waals surface area (Å²) < 4.78 is 0. The van der Waals surface area contributed by atoms with E-state index in [9.17, 15) is 4.79 Å². The van der Waals surface area contributed by atoms with Crippen LogP contribution in [0.5, 0.6) is 0 Å². The molecule has 0 bridgehead atoms. The minimum Gasteiger partial charge on any atom is -0.349 e. The first-order valence-corrected chi connectivity index (χ1v) is 8.10. The number of carbonyl (C=O) groups excluding carboxylic acids is 1. The number of pyridine rings is 2. The van der Waals surface area contributed by atoms with E-state index in [1.54, 1.807) is 12.4 Å². The summed E-state index contributed by atoms with van der Waals surface area (Å²) in [6.07, 6.45) is 4.31. The van der Waals surface area contributed by atoms with Gasteiger partial charge in [0.15, 0.2) is 0 Å². The molecule has 0 aliphatic rings. The van der Waals surface area contributed by atoms with Crippen LogP contribution >= 0.6 is 0 Å². The Hall–Kier alpha value is -2.75. The Kier molecular flexibility index (Phi) is 4.56. The van der Waals surface area contributed by atoms with Crippen LogP contribution in [-0.2, 0) is 6.42 Å². The van der Waals surface area contributed by atoms with Crippen molar-refractivity contribution >= 4 is 16.8 Å². The summed E-state index contributed by atoms with van der Waals surface area (Å²) >= 11 is 0. The van der Waals surface area contributed by atoms with E-state index in [0.717, 1.165) is 34.1 Å². The molecule has 1 amide bonds. The zero-order valence-electron chi connectivity index (χ0n) is 14.2. The third kappa shape index (κ3) is 3.59. The SMILES string of the molecule is Cc1ccc2nc(C)c(C(=O)N[C@@H](C)Cc3ccncc3)cc2c1. The first-order valence-electron chi connectivity index (χ1n) is 8.10. The molecule has 4 nitrogen and oxygen atoms in total. The van der Waals surface area contributed by atoms with Gasteiger partial charge in [0.05, 0.1) is 16.8 Å². The van der Waals surface area contributed by atoms with Gasteiger partial charge in [0.25, 0.3) is 5.91 Å². The molecule has 0 saturated carbocycles. The van der Waals surface area contributed by atoms with Gasteiger partial charge >= 0.3 is 0 Å². The fourth-order valence-electron chi connectivity index (χ4n) is 2.85. The highest BCUT2D eigenvalue weighted by molar-refractivity contribution is 5.98. The number of benzene rings is 1. The van der Waals surface area contributed by atoms with E-state index in [0.29, 0.717) is 5.56 Å². The molecule has 1 aromatic carbocycles. The van der Waals surface area contributed by atoms with Gasteiger partial charge in [-0.3, -0.25) is 14.8 Å². The van der Waals surface area contributed by atoms with E-state index in [-0.39, 0.29) is 11.9 Å². The monoisotopic (exact) mass is 319 g/mol. The van der Waals surface area contributed by atoms with Crippen molar-refractivity contribution in [1.82, 2.24) is 15.3 Å². The Labute approximate surface area is 142 Å². The van der Waals surface area contributed by atoms with Crippen LogP contribution in [0.4, 0.5) is 0 Å². The zero-order valence-corrected chi connectivity index (χ0v) is 14.2. The second kappa shape index (κ2) is 6.79. The molecule has 0 aliphatic heterocycles. The second-order valence-electron chi connectivity index (χ2n) is 6.25. The number of aromatic nitrogens is 2. The molecule has 3 rings (SSSR count). The highest BCUT2D eigenvalue weighted by Crippen LogP contribution is 2.18. The fourth-order valence-corrected chi connectivity index (χ4v) is 2.85. The summed E-state index contributed by atoms with van der Waals surface area (Å²) in [4.78, 5) is 21.2. The molecule has 1 atom stereocenters. The summed E-state index contributed by atoms with van der Waals surface area (Å²) in [5.74, 6) is -0.0787. The molecule has 0 radical (unpaired) electrons. The summed E-state index contributed by atoms with van der Waals surface area (Å²) in [5, 5.41) is 4.06. The molecule has 2 heterocycles. The van der Waals surface area contributed by atoms with Gasteiger partial charge in [0.2, 0.25) is 0 Å². The molecule has 1 N–H and O–H groups in total. The maximum atomic E-state index is 12.6. The van der Waals surface area contributed by atoms with Gasteiger partial charge in [-0.2, -0.15) is 0 Å². The largest absolute Gasteiger partial charge is 0.349 e. The molecular formula is C20H21N3O. The van der Waals surface area contributed by atoms with Gasteiger partial charge in [-0.1, -0.05) is 11.6 Å². The van der Waals surface area contributed by atoms with E-state index in [1.165, 1.54) is 0 Å². The molecule has 0 fully saturated rings. The highest BCUT2D eigenvalue weighted by Gasteiger charge is 2.14. The quantitative estimate of drug-likeness (QED) is 0.799. The number of hydrogen-bond acceptors (Lipinski definition) is 3. The van der Waals surface area contributed by atoms with Gasteiger partial charge in [0.1, 0.15) is 0 Å². The lowest BCUT2D eigenvalue weighted by molar-refractivity contribution is 0.0939. The van der Waals surface area contributed by atoms with Gasteiger partial charge in [-0.05, 0) is 63.1 Å². The average molecular weight is 319 g/mol. The first kappa shape index (κ1) is 16.1. The smallest absolute Gasteiger partial charge is 0.253 e. The molecule has 0 saturated heterocycles. The first-order chi connectivity index (χ1) is 11.5. The van der Waals surface area contributed by atoms with Gasteiger partial charge in [-0.15, -0.1) is 0 Å². The topological polar surface area (TPSA) is 54.9 Å². The lowest BCUT2D eigenvalue weighted by Gasteiger charge is -2.15. The van der Waals surface area contributed by atoms with Gasteiger partial charge < -0.3 is 5.32 Å². The van der Waals surface area contributed by atoms with Crippen molar-refractivity contribution in [3.63, 3.8) is 0 Å². The van der Waals surface area contributed by atoms with Crippen molar-refractivity contribution in [3.8, 4) is 0 Å². The molecule has 2 aromatic heterocycles. The van der Waals surface area contributed by atoms with Crippen LogP contribution in [-0.4, -0.2) is 21.9 Å². The number of aryl methyl sites for hydroxylation is 2. The maximum Gasteiger partial charge on any atom is 0.253 e. The van der Waals surface area contributed by atoms with E-state index in [1.807, 2.05) is 51.1 Å². The van der Waals surface area contributed by atoms with Crippen LogP contribution < -0.4 is 5.32 Å². The molecule has 3 aromatic rings. The number of carbonyl (C=O) groups is 1. The van der Waals surface area contributed by atoms with Crippen molar-refractivity contribution in [2.24, 2.45) is 0 Å². The molecule has 0 unspecified atom stereocenters. The van der Waals surface area contributed by atoms with E-state index >= 15 is 0 Å². The predicted molar refractivity (Wildman–Crippen MR) is 96.1 cm³/mol. The van der Waals surface area contributed by atoms with Crippen molar-refractivity contribution in [3.05, 3.63) is 71.2 Å². The minimum absolute atomic E-state index is 0.0347. The molecular weight excluding hydrogens is 298 g/mol. The molecule has 0 aliphatic carbocycles. The van der Waals surface area contributed by atoms with Crippen LogP contribution in [0.15, 0.2) is 48.8 Å². The summed E-state index contributed by atoms with van der Waals surface area (Å²) in [6, 6.07) is 12.0. The second-order valence-corrected chi connectivity index (χ2v) is 6.25.